The fourth-order valence-corrected chi connectivity index (χ4v) is 6.34. The number of hydrogen-bond donors (Lipinski definition) is 1. The van der Waals surface area contributed by atoms with Crippen LogP contribution in [0.1, 0.15) is 60.3 Å². The number of nitrogens with one attached hydrogen (secondary N) is 1. The van der Waals surface area contributed by atoms with Gasteiger partial charge in [0.25, 0.3) is 0 Å². The van der Waals surface area contributed by atoms with Crippen LogP contribution in [0.25, 0.3) is 0 Å². The molecule has 1 saturated heterocycles. The highest BCUT2D eigenvalue weighted by Gasteiger charge is 2.65. The van der Waals surface area contributed by atoms with Crippen molar-refractivity contribution in [2.45, 2.75) is 78.5 Å². The van der Waals surface area contributed by atoms with Gasteiger partial charge in [0.2, 0.25) is 0 Å². The minimum Gasteiger partial charge on any atom is -0.377 e. The van der Waals surface area contributed by atoms with Crippen molar-refractivity contribution < 1.29 is 4.74 Å². The average Bonchev–Trinajstić information content (AvgIpc) is 2.96. The van der Waals surface area contributed by atoms with Gasteiger partial charge in [-0.25, -0.2) is 0 Å². The lowest BCUT2D eigenvalue weighted by molar-refractivity contribution is -0.120. The molecule has 2 nitrogen and oxygen atoms in total. The highest BCUT2D eigenvalue weighted by atomic mass is 16.5. The zero-order valence-electron chi connectivity index (χ0n) is 13.8. The lowest BCUT2D eigenvalue weighted by Gasteiger charge is -2.57. The minimum absolute atomic E-state index is 0.323. The first-order valence-corrected chi connectivity index (χ1v) is 8.66. The summed E-state index contributed by atoms with van der Waals surface area (Å²) in [6, 6.07) is 1.40. The van der Waals surface area contributed by atoms with Gasteiger partial charge < -0.3 is 10.1 Å². The molecule has 1 N–H and O–H groups in total. The van der Waals surface area contributed by atoms with Crippen molar-refractivity contribution in [2.75, 3.05) is 6.61 Å². The Kier molecular flexibility index (Phi) is 2.59. The van der Waals surface area contributed by atoms with Crippen LogP contribution in [0.3, 0.4) is 0 Å². The smallest absolute Gasteiger partial charge is 0.0685 e. The van der Waals surface area contributed by atoms with Crippen molar-refractivity contribution in [1.29, 1.82) is 0 Å². The van der Waals surface area contributed by atoms with Crippen molar-refractivity contribution in [1.82, 2.24) is 5.32 Å². The van der Waals surface area contributed by atoms with E-state index in [1.807, 2.05) is 0 Å². The highest BCUT2D eigenvalue weighted by molar-refractivity contribution is 5.17. The van der Waals surface area contributed by atoms with Crippen LogP contribution in [-0.2, 0) is 4.74 Å². The Hall–Kier alpha value is -0.0800. The molecular weight excluding hydrogens is 246 g/mol. The average molecular weight is 277 g/mol. The van der Waals surface area contributed by atoms with E-state index in [4.69, 9.17) is 4.74 Å². The van der Waals surface area contributed by atoms with Gasteiger partial charge in [-0.2, -0.15) is 0 Å². The number of ether oxygens (including phenoxy) is 1. The first-order chi connectivity index (χ1) is 9.28. The molecule has 4 rings (SSSR count). The number of rotatable bonds is 2. The van der Waals surface area contributed by atoms with Crippen LogP contribution in [0.2, 0.25) is 0 Å². The summed E-state index contributed by atoms with van der Waals surface area (Å²) >= 11 is 0. The van der Waals surface area contributed by atoms with Crippen LogP contribution < -0.4 is 5.32 Å². The predicted octanol–water partition coefficient (Wildman–Crippen LogP) is 3.60. The molecule has 1 heterocycles. The second-order valence-electron chi connectivity index (χ2n) is 9.37. The molecule has 4 aliphatic rings. The summed E-state index contributed by atoms with van der Waals surface area (Å²) < 4.78 is 5.95. The van der Waals surface area contributed by atoms with Crippen LogP contribution in [0, 0.1) is 28.1 Å². The van der Waals surface area contributed by atoms with E-state index in [1.54, 1.807) is 0 Å². The third-order valence-electron chi connectivity index (χ3n) is 8.28. The van der Waals surface area contributed by atoms with Crippen LogP contribution in [0.15, 0.2) is 0 Å². The van der Waals surface area contributed by atoms with Gasteiger partial charge in [0.1, 0.15) is 0 Å². The molecule has 2 heteroatoms. The summed E-state index contributed by atoms with van der Waals surface area (Å²) in [6.07, 6.45) is 6.04. The summed E-state index contributed by atoms with van der Waals surface area (Å²) in [4.78, 5) is 0. The molecule has 4 fully saturated rings. The van der Waals surface area contributed by atoms with Crippen LogP contribution in [0.4, 0.5) is 0 Å². The molecule has 0 amide bonds. The molecule has 0 aromatic heterocycles. The molecule has 3 aliphatic carbocycles. The molecule has 2 bridgehead atoms. The first kappa shape index (κ1) is 13.6. The fourth-order valence-electron chi connectivity index (χ4n) is 6.34. The second kappa shape index (κ2) is 3.81. The molecule has 3 saturated carbocycles. The van der Waals surface area contributed by atoms with Gasteiger partial charge in [0, 0.05) is 30.0 Å². The molecule has 0 aromatic rings. The molecule has 20 heavy (non-hydrogen) atoms. The first-order valence-electron chi connectivity index (χ1n) is 8.66. The second-order valence-corrected chi connectivity index (χ2v) is 9.37. The summed E-state index contributed by atoms with van der Waals surface area (Å²) in [5, 5.41) is 4.12. The maximum atomic E-state index is 5.95. The van der Waals surface area contributed by atoms with Gasteiger partial charge in [-0.1, -0.05) is 34.6 Å². The third-order valence-corrected chi connectivity index (χ3v) is 8.28. The lowest BCUT2D eigenvalue weighted by Crippen LogP contribution is -2.68. The third kappa shape index (κ3) is 1.38. The predicted molar refractivity (Wildman–Crippen MR) is 81.6 cm³/mol. The molecule has 6 unspecified atom stereocenters. The summed E-state index contributed by atoms with van der Waals surface area (Å²) in [7, 11) is 0. The quantitative estimate of drug-likeness (QED) is 0.832. The SMILES string of the molecule is CC1(C)C(NC2CC3CCC2(C)C3(C)C)C2CCOC21. The van der Waals surface area contributed by atoms with E-state index in [0.717, 1.165) is 24.5 Å². The zero-order valence-corrected chi connectivity index (χ0v) is 13.8. The molecule has 114 valence electrons. The van der Waals surface area contributed by atoms with Gasteiger partial charge in [-0.3, -0.25) is 0 Å². The minimum atomic E-state index is 0.323. The summed E-state index contributed by atoms with van der Waals surface area (Å²) in [5.74, 6) is 1.71. The number of fused-ring (bicyclic) bond motifs is 3. The van der Waals surface area contributed by atoms with Gasteiger partial charge in [0.15, 0.2) is 0 Å². The normalized spacial score (nSPS) is 54.8. The molecule has 6 atom stereocenters. The Morgan fingerprint density at radius 3 is 2.40 bits per heavy atom. The van der Waals surface area contributed by atoms with Gasteiger partial charge in [0.05, 0.1) is 6.10 Å². The maximum Gasteiger partial charge on any atom is 0.0685 e. The Labute approximate surface area is 124 Å². The van der Waals surface area contributed by atoms with Gasteiger partial charge >= 0.3 is 0 Å². The van der Waals surface area contributed by atoms with Gasteiger partial charge in [-0.05, 0) is 42.4 Å². The standard InChI is InChI=1S/C18H31NO/c1-16(2)14(12-7-9-20-15(12)16)19-13-10-11-6-8-18(13,5)17(11,3)4/h11-15,19H,6-10H2,1-5H3. The molecular formula is C18H31NO. The van der Waals surface area contributed by atoms with E-state index in [2.05, 4.69) is 39.9 Å². The molecule has 0 aromatic carbocycles. The van der Waals surface area contributed by atoms with E-state index in [1.165, 1.54) is 25.7 Å². The van der Waals surface area contributed by atoms with E-state index in [-0.39, 0.29) is 0 Å². The fraction of sp³-hybridized carbons (Fsp3) is 1.00. The topological polar surface area (TPSA) is 21.3 Å². The van der Waals surface area contributed by atoms with Crippen LogP contribution >= 0.6 is 0 Å². The van der Waals surface area contributed by atoms with Gasteiger partial charge in [-0.15, -0.1) is 0 Å². The van der Waals surface area contributed by atoms with E-state index in [9.17, 15) is 0 Å². The highest BCUT2D eigenvalue weighted by Crippen LogP contribution is 2.66. The molecule has 0 radical (unpaired) electrons. The Bertz CT molecular complexity index is 429. The largest absolute Gasteiger partial charge is 0.377 e. The summed E-state index contributed by atoms with van der Waals surface area (Å²) in [5.41, 5.74) is 1.34. The van der Waals surface area contributed by atoms with Crippen molar-refractivity contribution >= 4 is 0 Å². The van der Waals surface area contributed by atoms with Crippen LogP contribution in [0.5, 0.6) is 0 Å². The van der Waals surface area contributed by atoms with Crippen molar-refractivity contribution in [3.05, 3.63) is 0 Å². The Balaban J connectivity index is 1.54. The Morgan fingerprint density at radius 1 is 1.05 bits per heavy atom. The van der Waals surface area contributed by atoms with E-state index in [0.29, 0.717) is 28.4 Å². The van der Waals surface area contributed by atoms with Crippen molar-refractivity contribution in [3.8, 4) is 0 Å². The van der Waals surface area contributed by atoms with Crippen molar-refractivity contribution in [3.63, 3.8) is 0 Å². The lowest BCUT2D eigenvalue weighted by atomic mass is 9.56. The van der Waals surface area contributed by atoms with Crippen molar-refractivity contribution in [2.24, 2.45) is 28.1 Å². The van der Waals surface area contributed by atoms with E-state index < -0.39 is 0 Å². The number of hydrogen-bond acceptors (Lipinski definition) is 2. The Morgan fingerprint density at radius 2 is 1.80 bits per heavy atom. The monoisotopic (exact) mass is 277 g/mol. The van der Waals surface area contributed by atoms with E-state index >= 15 is 0 Å². The zero-order chi connectivity index (χ0) is 14.3. The van der Waals surface area contributed by atoms with Crippen LogP contribution in [-0.4, -0.2) is 24.8 Å². The molecule has 1 aliphatic heterocycles. The summed E-state index contributed by atoms with van der Waals surface area (Å²) in [6.45, 7) is 13.4. The molecule has 0 spiro atoms. The maximum absolute atomic E-state index is 5.95.